The zero-order valence-corrected chi connectivity index (χ0v) is 10.1. The fourth-order valence-electron chi connectivity index (χ4n) is 5.01. The first-order valence-electron chi connectivity index (χ1n) is 6.97. The standard InChI is InChI=1S/C15H20O2/c16-15(8-10-1-2-17-9-10)13-4-11-3-12(6-13)7-14(15)5-11/h1-2,9,11-14,16H,3-8H2. The molecule has 4 aliphatic carbocycles. The van der Waals surface area contributed by atoms with Gasteiger partial charge in [0, 0.05) is 6.42 Å². The molecule has 5 rings (SSSR count). The van der Waals surface area contributed by atoms with Crippen LogP contribution in [0.2, 0.25) is 0 Å². The molecule has 1 aromatic rings. The molecule has 1 N–H and O–H groups in total. The minimum atomic E-state index is -0.433. The Morgan fingerprint density at radius 2 is 1.76 bits per heavy atom. The number of hydrogen-bond donors (Lipinski definition) is 1. The van der Waals surface area contributed by atoms with Crippen molar-refractivity contribution in [3.63, 3.8) is 0 Å². The zero-order chi connectivity index (χ0) is 11.5. The molecule has 17 heavy (non-hydrogen) atoms. The molecule has 1 aromatic heterocycles. The Labute approximate surface area is 102 Å². The summed E-state index contributed by atoms with van der Waals surface area (Å²) < 4.78 is 5.14. The van der Waals surface area contributed by atoms with E-state index in [-0.39, 0.29) is 0 Å². The second-order valence-corrected chi connectivity index (χ2v) is 6.60. The van der Waals surface area contributed by atoms with Crippen LogP contribution in [0.4, 0.5) is 0 Å². The van der Waals surface area contributed by atoms with E-state index in [0.717, 1.165) is 18.3 Å². The summed E-state index contributed by atoms with van der Waals surface area (Å²) in [6, 6.07) is 2.00. The summed E-state index contributed by atoms with van der Waals surface area (Å²) in [6.45, 7) is 0. The molecule has 4 aliphatic rings. The molecule has 2 heteroatoms. The van der Waals surface area contributed by atoms with Crippen LogP contribution in [-0.2, 0) is 6.42 Å². The lowest BCUT2D eigenvalue weighted by atomic mass is 9.49. The summed E-state index contributed by atoms with van der Waals surface area (Å²) in [6.07, 6.45) is 10.8. The van der Waals surface area contributed by atoms with Gasteiger partial charge in [-0.1, -0.05) is 0 Å². The van der Waals surface area contributed by atoms with Crippen LogP contribution in [0.5, 0.6) is 0 Å². The van der Waals surface area contributed by atoms with Gasteiger partial charge in [-0.05, 0) is 67.4 Å². The van der Waals surface area contributed by atoms with E-state index in [1.165, 1.54) is 37.7 Å². The first-order valence-corrected chi connectivity index (χ1v) is 6.97. The highest BCUT2D eigenvalue weighted by molar-refractivity contribution is 5.16. The molecule has 4 fully saturated rings. The second kappa shape index (κ2) is 3.38. The highest BCUT2D eigenvalue weighted by atomic mass is 16.3. The van der Waals surface area contributed by atoms with Crippen molar-refractivity contribution >= 4 is 0 Å². The highest BCUT2D eigenvalue weighted by Gasteiger charge is 2.56. The van der Waals surface area contributed by atoms with Gasteiger partial charge in [0.15, 0.2) is 0 Å². The third-order valence-electron chi connectivity index (χ3n) is 5.62. The number of hydrogen-bond acceptors (Lipinski definition) is 2. The summed E-state index contributed by atoms with van der Waals surface area (Å²) >= 11 is 0. The fourth-order valence-corrected chi connectivity index (χ4v) is 5.01. The van der Waals surface area contributed by atoms with Crippen LogP contribution in [0.1, 0.15) is 37.7 Å². The SMILES string of the molecule is OC1(Cc2ccoc2)C2CC3CC(C2)CC1C3. The maximum Gasteiger partial charge on any atom is 0.0935 e. The van der Waals surface area contributed by atoms with E-state index >= 15 is 0 Å². The first-order chi connectivity index (χ1) is 8.24. The van der Waals surface area contributed by atoms with Gasteiger partial charge in [-0.2, -0.15) is 0 Å². The lowest BCUT2D eigenvalue weighted by Gasteiger charge is -2.59. The van der Waals surface area contributed by atoms with Crippen molar-refractivity contribution in [1.29, 1.82) is 0 Å². The highest BCUT2D eigenvalue weighted by Crippen LogP contribution is 2.59. The van der Waals surface area contributed by atoms with E-state index in [1.807, 2.05) is 6.07 Å². The van der Waals surface area contributed by atoms with Crippen LogP contribution in [-0.4, -0.2) is 10.7 Å². The molecule has 0 radical (unpaired) electrons. The van der Waals surface area contributed by atoms with Crippen molar-refractivity contribution in [2.24, 2.45) is 23.7 Å². The average Bonchev–Trinajstić information content (AvgIpc) is 2.78. The van der Waals surface area contributed by atoms with Crippen LogP contribution in [0.25, 0.3) is 0 Å². The lowest BCUT2D eigenvalue weighted by molar-refractivity contribution is -0.171. The molecule has 1 heterocycles. The van der Waals surface area contributed by atoms with Crippen LogP contribution < -0.4 is 0 Å². The smallest absolute Gasteiger partial charge is 0.0935 e. The number of aliphatic hydroxyl groups is 1. The second-order valence-electron chi connectivity index (χ2n) is 6.60. The molecule has 0 unspecified atom stereocenters. The van der Waals surface area contributed by atoms with Crippen molar-refractivity contribution in [3.8, 4) is 0 Å². The van der Waals surface area contributed by atoms with E-state index < -0.39 is 5.60 Å². The van der Waals surface area contributed by atoms with E-state index in [1.54, 1.807) is 12.5 Å². The van der Waals surface area contributed by atoms with E-state index in [2.05, 4.69) is 0 Å². The van der Waals surface area contributed by atoms with E-state index in [4.69, 9.17) is 4.42 Å². The van der Waals surface area contributed by atoms with Gasteiger partial charge in [-0.3, -0.25) is 0 Å². The molecule has 92 valence electrons. The molecule has 4 bridgehead atoms. The molecule has 4 saturated carbocycles. The summed E-state index contributed by atoms with van der Waals surface area (Å²) in [5.41, 5.74) is 0.733. The quantitative estimate of drug-likeness (QED) is 0.850. The van der Waals surface area contributed by atoms with Gasteiger partial charge < -0.3 is 9.52 Å². The molecule has 0 amide bonds. The van der Waals surface area contributed by atoms with Gasteiger partial charge in [0.2, 0.25) is 0 Å². The summed E-state index contributed by atoms with van der Waals surface area (Å²) in [4.78, 5) is 0. The summed E-state index contributed by atoms with van der Waals surface area (Å²) in [7, 11) is 0. The van der Waals surface area contributed by atoms with Gasteiger partial charge >= 0.3 is 0 Å². The van der Waals surface area contributed by atoms with Crippen molar-refractivity contribution in [2.75, 3.05) is 0 Å². The Morgan fingerprint density at radius 1 is 1.12 bits per heavy atom. The van der Waals surface area contributed by atoms with Crippen molar-refractivity contribution < 1.29 is 9.52 Å². The summed E-state index contributed by atoms with van der Waals surface area (Å²) in [5.74, 6) is 2.94. The molecular formula is C15H20O2. The van der Waals surface area contributed by atoms with Crippen LogP contribution >= 0.6 is 0 Å². The topological polar surface area (TPSA) is 33.4 Å². The van der Waals surface area contributed by atoms with Crippen LogP contribution in [0, 0.1) is 23.7 Å². The predicted octanol–water partition coefficient (Wildman–Crippen LogP) is 3.01. The van der Waals surface area contributed by atoms with Gasteiger partial charge in [0.25, 0.3) is 0 Å². The monoisotopic (exact) mass is 232 g/mol. The maximum absolute atomic E-state index is 11.1. The van der Waals surface area contributed by atoms with E-state index in [9.17, 15) is 5.11 Å². The Balaban J connectivity index is 1.64. The predicted molar refractivity (Wildman–Crippen MR) is 64.4 cm³/mol. The summed E-state index contributed by atoms with van der Waals surface area (Å²) in [5, 5.41) is 11.1. The van der Waals surface area contributed by atoms with Crippen molar-refractivity contribution in [3.05, 3.63) is 24.2 Å². The third kappa shape index (κ3) is 1.43. The number of rotatable bonds is 2. The minimum absolute atomic E-state index is 0.433. The molecule has 0 aliphatic heterocycles. The van der Waals surface area contributed by atoms with Crippen molar-refractivity contribution in [1.82, 2.24) is 0 Å². The first kappa shape index (κ1) is 10.2. The number of furan rings is 1. The Morgan fingerprint density at radius 3 is 2.29 bits per heavy atom. The average molecular weight is 232 g/mol. The van der Waals surface area contributed by atoms with Crippen LogP contribution in [0.15, 0.2) is 23.0 Å². The fraction of sp³-hybridized carbons (Fsp3) is 0.733. The molecule has 0 spiro atoms. The van der Waals surface area contributed by atoms with Gasteiger partial charge in [0.05, 0.1) is 18.1 Å². The van der Waals surface area contributed by atoms with Crippen molar-refractivity contribution in [2.45, 2.75) is 44.1 Å². The largest absolute Gasteiger partial charge is 0.472 e. The minimum Gasteiger partial charge on any atom is -0.472 e. The molecule has 2 nitrogen and oxygen atoms in total. The lowest BCUT2D eigenvalue weighted by Crippen LogP contribution is -2.58. The van der Waals surface area contributed by atoms with Crippen LogP contribution in [0.3, 0.4) is 0 Å². The molecule has 0 saturated heterocycles. The van der Waals surface area contributed by atoms with Gasteiger partial charge in [-0.15, -0.1) is 0 Å². The zero-order valence-electron chi connectivity index (χ0n) is 10.1. The molecular weight excluding hydrogens is 212 g/mol. The Bertz CT molecular complexity index is 379. The molecule has 0 atom stereocenters. The van der Waals surface area contributed by atoms with Gasteiger partial charge in [0.1, 0.15) is 0 Å². The van der Waals surface area contributed by atoms with E-state index in [0.29, 0.717) is 11.8 Å². The normalized spacial score (nSPS) is 47.6. The van der Waals surface area contributed by atoms with Gasteiger partial charge in [-0.25, -0.2) is 0 Å². The Hall–Kier alpha value is -0.760. The molecule has 0 aromatic carbocycles. The maximum atomic E-state index is 11.1. The third-order valence-corrected chi connectivity index (χ3v) is 5.62. The Kier molecular flexibility index (Phi) is 2.03.